The zero-order valence-corrected chi connectivity index (χ0v) is 18.8. The van der Waals surface area contributed by atoms with Crippen molar-refractivity contribution in [3.8, 4) is 6.07 Å². The van der Waals surface area contributed by atoms with Gasteiger partial charge in [0.25, 0.3) is 0 Å². The van der Waals surface area contributed by atoms with E-state index in [1.165, 1.54) is 0 Å². The summed E-state index contributed by atoms with van der Waals surface area (Å²) < 4.78 is 0. The normalized spacial score (nSPS) is 19.9. The number of hydrogen-bond donors (Lipinski definition) is 2. The maximum Gasteiger partial charge on any atom is 0.239 e. The number of carbonyl (C=O) groups is 2. The number of carbonyl (C=O) groups excluding carboxylic acids is 2. The van der Waals surface area contributed by atoms with E-state index in [2.05, 4.69) is 21.3 Å². The third kappa shape index (κ3) is 6.44. The maximum atomic E-state index is 12.4. The van der Waals surface area contributed by atoms with Crippen LogP contribution in [0.1, 0.15) is 12.8 Å². The molecule has 2 aliphatic rings. The van der Waals surface area contributed by atoms with Crippen LogP contribution in [0, 0.1) is 11.3 Å². The molecular formula is C18H25Cl2N7O2S. The molecule has 12 heteroatoms. The first-order valence-corrected chi connectivity index (χ1v) is 10.9. The molecule has 1 atom stereocenters. The summed E-state index contributed by atoms with van der Waals surface area (Å²) in [5.41, 5.74) is 0.497. The van der Waals surface area contributed by atoms with Crippen LogP contribution in [-0.4, -0.2) is 81.5 Å². The van der Waals surface area contributed by atoms with Crippen LogP contribution in [0.5, 0.6) is 0 Å². The van der Waals surface area contributed by atoms with E-state index in [4.69, 9.17) is 22.7 Å². The van der Waals surface area contributed by atoms with Gasteiger partial charge in [0, 0.05) is 31.1 Å². The average molecular weight is 474 g/mol. The van der Waals surface area contributed by atoms with E-state index in [9.17, 15) is 9.59 Å². The molecule has 0 radical (unpaired) electrons. The fourth-order valence-electron chi connectivity index (χ4n) is 3.45. The van der Waals surface area contributed by atoms with E-state index >= 15 is 0 Å². The van der Waals surface area contributed by atoms with Gasteiger partial charge in [-0.1, -0.05) is 11.6 Å². The molecule has 3 heterocycles. The molecule has 0 bridgehead atoms. The van der Waals surface area contributed by atoms with Crippen molar-refractivity contribution >= 4 is 53.3 Å². The monoisotopic (exact) mass is 473 g/mol. The highest BCUT2D eigenvalue weighted by Gasteiger charge is 2.31. The minimum atomic E-state index is -0.366. The second-order valence-electron chi connectivity index (χ2n) is 7.08. The number of nitriles is 1. The molecule has 1 aromatic heterocycles. The molecular weight excluding hydrogens is 449 g/mol. The lowest BCUT2D eigenvalue weighted by Crippen LogP contribution is -2.53. The van der Waals surface area contributed by atoms with E-state index in [0.29, 0.717) is 30.4 Å². The van der Waals surface area contributed by atoms with Crippen molar-refractivity contribution in [1.82, 2.24) is 19.8 Å². The predicted molar refractivity (Wildman–Crippen MR) is 119 cm³/mol. The van der Waals surface area contributed by atoms with Gasteiger partial charge in [0.15, 0.2) is 5.15 Å². The molecule has 2 amide bonds. The van der Waals surface area contributed by atoms with Gasteiger partial charge in [0.2, 0.25) is 11.8 Å². The van der Waals surface area contributed by atoms with Gasteiger partial charge >= 0.3 is 0 Å². The van der Waals surface area contributed by atoms with Crippen molar-refractivity contribution in [2.24, 2.45) is 5.84 Å². The van der Waals surface area contributed by atoms with Crippen LogP contribution < -0.4 is 11.2 Å². The fraction of sp³-hybridized carbons (Fsp3) is 0.556. The maximum absolute atomic E-state index is 12.4. The van der Waals surface area contributed by atoms with Crippen LogP contribution >= 0.6 is 35.8 Å². The molecule has 2 fully saturated rings. The largest absolute Gasteiger partial charge is 0.322 e. The van der Waals surface area contributed by atoms with Crippen LogP contribution in [-0.2, 0) is 9.59 Å². The average Bonchev–Trinajstić information content (AvgIpc) is 3.19. The number of nitrogens with two attached hydrogens (primary N) is 1. The number of nitrogens with one attached hydrogen (secondary N) is 1. The molecule has 1 aromatic rings. The summed E-state index contributed by atoms with van der Waals surface area (Å²) in [6, 6.07) is 5.28. The summed E-state index contributed by atoms with van der Waals surface area (Å²) in [5.74, 6) is 7.08. The SMILES string of the molecule is Cl.N#C[C@@H]1CSCN1C(=O)CN(N)C1CCN(CC(=O)Nc2cccnc2Cl)CC1. The summed E-state index contributed by atoms with van der Waals surface area (Å²) in [5, 5.41) is 13.7. The second kappa shape index (κ2) is 11.7. The lowest BCUT2D eigenvalue weighted by Gasteiger charge is -2.36. The summed E-state index contributed by atoms with van der Waals surface area (Å²) in [6.45, 7) is 1.78. The quantitative estimate of drug-likeness (QED) is 0.358. The van der Waals surface area contributed by atoms with E-state index in [0.717, 1.165) is 12.8 Å². The Morgan fingerprint density at radius 2 is 2.17 bits per heavy atom. The predicted octanol–water partition coefficient (Wildman–Crippen LogP) is 1.16. The molecule has 0 unspecified atom stereocenters. The first kappa shape index (κ1) is 24.7. The minimum Gasteiger partial charge on any atom is -0.322 e. The Morgan fingerprint density at radius 3 is 2.83 bits per heavy atom. The van der Waals surface area contributed by atoms with Crippen molar-refractivity contribution in [1.29, 1.82) is 5.26 Å². The van der Waals surface area contributed by atoms with Crippen molar-refractivity contribution in [2.75, 3.05) is 43.1 Å². The number of halogens is 2. The molecule has 0 aliphatic carbocycles. The highest BCUT2D eigenvalue weighted by atomic mass is 35.5. The highest BCUT2D eigenvalue weighted by Crippen LogP contribution is 2.21. The van der Waals surface area contributed by atoms with E-state index in [1.54, 1.807) is 40.0 Å². The molecule has 0 saturated carbocycles. The van der Waals surface area contributed by atoms with Crippen molar-refractivity contribution in [3.63, 3.8) is 0 Å². The molecule has 3 N–H and O–H groups in total. The Labute approximate surface area is 191 Å². The zero-order valence-electron chi connectivity index (χ0n) is 16.4. The number of nitrogens with zero attached hydrogens (tertiary/aromatic N) is 5. The van der Waals surface area contributed by atoms with Crippen LogP contribution in [0.2, 0.25) is 5.15 Å². The third-order valence-corrected chi connectivity index (χ3v) is 6.41. The molecule has 164 valence electrons. The number of likely N-dealkylation sites (tertiary alicyclic amines) is 1. The number of pyridine rings is 1. The second-order valence-corrected chi connectivity index (χ2v) is 8.44. The number of aromatic nitrogens is 1. The Balaban J connectivity index is 0.00000320. The number of piperidine rings is 1. The summed E-state index contributed by atoms with van der Waals surface area (Å²) >= 11 is 7.54. The number of thioether (sulfide) groups is 1. The summed E-state index contributed by atoms with van der Waals surface area (Å²) in [7, 11) is 0. The lowest BCUT2D eigenvalue weighted by molar-refractivity contribution is -0.132. The molecule has 2 aliphatic heterocycles. The lowest BCUT2D eigenvalue weighted by atomic mass is 10.0. The standard InChI is InChI=1S/C18H24ClN7O2S.ClH/c19-18-15(2-1-5-22-18)23-16(27)9-24-6-3-13(4-7-24)26(21)10-17(28)25-12-29-11-14(25)8-20;/h1-2,5,13-14H,3-4,6-7,9-12,21H2,(H,23,27);1H/t14-;/m1./s1. The Hall–Kier alpha value is -1.61. The molecule has 30 heavy (non-hydrogen) atoms. The van der Waals surface area contributed by atoms with Gasteiger partial charge in [-0.15, -0.1) is 24.2 Å². The number of hydrazine groups is 1. The first-order valence-electron chi connectivity index (χ1n) is 9.39. The summed E-state index contributed by atoms with van der Waals surface area (Å²) in [6.07, 6.45) is 3.09. The van der Waals surface area contributed by atoms with E-state index < -0.39 is 0 Å². The van der Waals surface area contributed by atoms with Gasteiger partial charge in [-0.3, -0.25) is 20.3 Å². The topological polar surface area (TPSA) is 119 Å². The Bertz CT molecular complexity index is 786. The van der Waals surface area contributed by atoms with Gasteiger partial charge in [-0.05, 0) is 25.0 Å². The molecule has 3 rings (SSSR count). The fourth-order valence-corrected chi connectivity index (χ4v) is 4.72. The van der Waals surface area contributed by atoms with Crippen LogP contribution in [0.25, 0.3) is 0 Å². The number of anilines is 1. The van der Waals surface area contributed by atoms with Crippen molar-refractivity contribution in [2.45, 2.75) is 24.9 Å². The summed E-state index contributed by atoms with van der Waals surface area (Å²) in [4.78, 5) is 32.3. The van der Waals surface area contributed by atoms with Crippen LogP contribution in [0.15, 0.2) is 18.3 Å². The number of hydrogen-bond acceptors (Lipinski definition) is 8. The first-order chi connectivity index (χ1) is 14.0. The minimum absolute atomic E-state index is 0. The zero-order chi connectivity index (χ0) is 20.8. The van der Waals surface area contributed by atoms with Crippen molar-refractivity contribution in [3.05, 3.63) is 23.5 Å². The van der Waals surface area contributed by atoms with E-state index in [1.807, 2.05) is 0 Å². The van der Waals surface area contributed by atoms with Crippen molar-refractivity contribution < 1.29 is 9.59 Å². The smallest absolute Gasteiger partial charge is 0.239 e. The van der Waals surface area contributed by atoms with Crippen LogP contribution in [0.4, 0.5) is 5.69 Å². The van der Waals surface area contributed by atoms with Gasteiger partial charge in [0.05, 0.1) is 30.7 Å². The van der Waals surface area contributed by atoms with Gasteiger partial charge in [-0.25, -0.2) is 9.99 Å². The van der Waals surface area contributed by atoms with Gasteiger partial charge < -0.3 is 10.2 Å². The highest BCUT2D eigenvalue weighted by molar-refractivity contribution is 7.99. The third-order valence-electron chi connectivity index (χ3n) is 5.10. The molecule has 0 aromatic carbocycles. The van der Waals surface area contributed by atoms with Crippen LogP contribution in [0.3, 0.4) is 0 Å². The number of amides is 2. The Kier molecular flexibility index (Phi) is 9.61. The van der Waals surface area contributed by atoms with Gasteiger partial charge in [-0.2, -0.15) is 5.26 Å². The number of rotatable bonds is 6. The molecule has 2 saturated heterocycles. The molecule has 0 spiro atoms. The Morgan fingerprint density at radius 1 is 1.43 bits per heavy atom. The van der Waals surface area contributed by atoms with E-state index in [-0.39, 0.29) is 54.5 Å². The molecule has 9 nitrogen and oxygen atoms in total. The van der Waals surface area contributed by atoms with Gasteiger partial charge in [0.1, 0.15) is 6.04 Å².